The zero-order valence-electron chi connectivity index (χ0n) is 10.5. The fraction of sp³-hybridized carbons (Fsp3) is 0.533. The van der Waals surface area contributed by atoms with Crippen molar-refractivity contribution in [3.63, 3.8) is 0 Å². The maximum absolute atomic E-state index is 13.6. The average molecular weight is 261 g/mol. The van der Waals surface area contributed by atoms with Crippen LogP contribution in [0.2, 0.25) is 0 Å². The van der Waals surface area contributed by atoms with Gasteiger partial charge in [-0.15, -0.1) is 0 Å². The summed E-state index contributed by atoms with van der Waals surface area (Å²) in [6.45, 7) is 0.880. The Morgan fingerprint density at radius 2 is 2.11 bits per heavy atom. The summed E-state index contributed by atoms with van der Waals surface area (Å²) in [5.74, 6) is 1.20. The first kappa shape index (κ1) is 11.4. The lowest BCUT2D eigenvalue weighted by molar-refractivity contribution is 0.0966. The van der Waals surface area contributed by atoms with Crippen molar-refractivity contribution in [2.75, 3.05) is 11.4 Å². The highest BCUT2D eigenvalue weighted by molar-refractivity contribution is 5.77. The summed E-state index contributed by atoms with van der Waals surface area (Å²) < 4.78 is 13.6. The smallest absolute Gasteiger partial charge is 0.150 e. The largest absolute Gasteiger partial charge is 0.391 e. The van der Waals surface area contributed by atoms with Crippen LogP contribution >= 0.6 is 0 Å². The van der Waals surface area contributed by atoms with Gasteiger partial charge in [0, 0.05) is 17.8 Å². The minimum atomic E-state index is -0.386. The molecule has 3 nitrogen and oxygen atoms in total. The summed E-state index contributed by atoms with van der Waals surface area (Å²) in [7, 11) is 0. The monoisotopic (exact) mass is 261 g/mol. The Hall–Kier alpha value is -1.42. The van der Waals surface area contributed by atoms with Crippen molar-refractivity contribution in [3.05, 3.63) is 29.6 Å². The van der Waals surface area contributed by atoms with Crippen LogP contribution in [-0.2, 0) is 0 Å². The Balaban J connectivity index is 1.74. The maximum Gasteiger partial charge on any atom is 0.150 e. The van der Waals surface area contributed by atoms with E-state index >= 15 is 0 Å². The molecule has 19 heavy (non-hydrogen) atoms. The van der Waals surface area contributed by atoms with Gasteiger partial charge in [0.15, 0.2) is 0 Å². The highest BCUT2D eigenvalue weighted by Gasteiger charge is 2.58. The first-order valence-corrected chi connectivity index (χ1v) is 6.88. The van der Waals surface area contributed by atoms with Gasteiger partial charge in [0.25, 0.3) is 0 Å². The predicted molar refractivity (Wildman–Crippen MR) is 68.6 cm³/mol. The minimum absolute atomic E-state index is 0.116. The number of carbonyl (C=O) groups is 1. The number of halogens is 1. The summed E-state index contributed by atoms with van der Waals surface area (Å²) in [6, 6.07) is 4.55. The van der Waals surface area contributed by atoms with E-state index in [9.17, 15) is 14.3 Å². The van der Waals surface area contributed by atoms with Gasteiger partial charge >= 0.3 is 0 Å². The van der Waals surface area contributed by atoms with Gasteiger partial charge in [-0.2, -0.15) is 0 Å². The highest BCUT2D eigenvalue weighted by atomic mass is 19.1. The van der Waals surface area contributed by atoms with Crippen LogP contribution < -0.4 is 4.90 Å². The fourth-order valence-corrected chi connectivity index (χ4v) is 4.54. The molecule has 0 amide bonds. The van der Waals surface area contributed by atoms with Crippen molar-refractivity contribution in [3.8, 4) is 0 Å². The van der Waals surface area contributed by atoms with Crippen LogP contribution in [0.5, 0.6) is 0 Å². The topological polar surface area (TPSA) is 40.5 Å². The molecule has 5 atom stereocenters. The molecular weight excluding hydrogens is 245 g/mol. The van der Waals surface area contributed by atoms with E-state index in [-0.39, 0.29) is 18.0 Å². The highest BCUT2D eigenvalue weighted by Crippen LogP contribution is 2.55. The Labute approximate surface area is 111 Å². The Kier molecular flexibility index (Phi) is 2.28. The molecule has 2 bridgehead atoms. The number of rotatable bonds is 2. The lowest BCUT2D eigenvalue weighted by atomic mass is 9.88. The van der Waals surface area contributed by atoms with Crippen molar-refractivity contribution in [2.24, 2.45) is 17.8 Å². The molecule has 0 aromatic heterocycles. The molecule has 4 rings (SSSR count). The minimum Gasteiger partial charge on any atom is -0.391 e. The molecule has 2 aliphatic carbocycles. The van der Waals surface area contributed by atoms with Crippen molar-refractivity contribution in [2.45, 2.75) is 25.0 Å². The van der Waals surface area contributed by atoms with Gasteiger partial charge in [-0.1, -0.05) is 0 Å². The van der Waals surface area contributed by atoms with Gasteiger partial charge in [-0.3, -0.25) is 4.79 Å². The van der Waals surface area contributed by atoms with E-state index in [1.165, 1.54) is 12.1 Å². The third-order valence-corrected chi connectivity index (χ3v) is 5.22. The first-order valence-electron chi connectivity index (χ1n) is 6.88. The molecule has 1 aliphatic heterocycles. The third kappa shape index (κ3) is 1.49. The zero-order chi connectivity index (χ0) is 13.1. The average Bonchev–Trinajstić information content (AvgIpc) is 2.99. The Morgan fingerprint density at radius 1 is 1.26 bits per heavy atom. The van der Waals surface area contributed by atoms with E-state index in [1.54, 1.807) is 6.07 Å². The van der Waals surface area contributed by atoms with Crippen LogP contribution in [0.15, 0.2) is 18.2 Å². The summed E-state index contributed by atoms with van der Waals surface area (Å²) in [5.41, 5.74) is 1.10. The number of aliphatic hydroxyl groups is 1. The fourth-order valence-electron chi connectivity index (χ4n) is 4.54. The van der Waals surface area contributed by atoms with E-state index in [0.717, 1.165) is 25.1 Å². The molecule has 1 heterocycles. The van der Waals surface area contributed by atoms with Gasteiger partial charge in [0.1, 0.15) is 12.1 Å². The summed E-state index contributed by atoms with van der Waals surface area (Å²) in [5, 5.41) is 10.3. The van der Waals surface area contributed by atoms with Crippen molar-refractivity contribution in [1.82, 2.24) is 0 Å². The predicted octanol–water partition coefficient (Wildman–Crippen LogP) is 1.84. The number of carbonyl (C=O) groups excluding carboxylic acids is 1. The number of aldehydes is 1. The number of hydrogen-bond donors (Lipinski definition) is 1. The van der Waals surface area contributed by atoms with E-state index in [2.05, 4.69) is 4.90 Å². The molecule has 0 radical (unpaired) electrons. The molecule has 1 aromatic carbocycles. The summed E-state index contributed by atoms with van der Waals surface area (Å²) in [4.78, 5) is 13.0. The van der Waals surface area contributed by atoms with E-state index in [1.807, 2.05) is 0 Å². The third-order valence-electron chi connectivity index (χ3n) is 5.22. The first-order chi connectivity index (χ1) is 9.17. The van der Waals surface area contributed by atoms with Gasteiger partial charge in [-0.05, 0) is 48.8 Å². The van der Waals surface area contributed by atoms with Crippen molar-refractivity contribution < 1.29 is 14.3 Å². The summed E-state index contributed by atoms with van der Waals surface area (Å²) in [6.07, 6.45) is 2.56. The lowest BCUT2D eigenvalue weighted by Crippen LogP contribution is -2.40. The lowest BCUT2D eigenvalue weighted by Gasteiger charge is -2.30. The van der Waals surface area contributed by atoms with Crippen molar-refractivity contribution >= 4 is 12.0 Å². The molecule has 0 spiro atoms. The van der Waals surface area contributed by atoms with Crippen LogP contribution in [0.4, 0.5) is 10.1 Å². The van der Waals surface area contributed by atoms with Crippen LogP contribution in [0.3, 0.4) is 0 Å². The molecule has 1 N–H and O–H groups in total. The molecule has 2 saturated carbocycles. The second-order valence-electron chi connectivity index (χ2n) is 6.15. The van der Waals surface area contributed by atoms with Gasteiger partial charge in [0.05, 0.1) is 12.1 Å². The molecular formula is C15H16FNO2. The normalized spacial score (nSPS) is 39.1. The summed E-state index contributed by atoms with van der Waals surface area (Å²) >= 11 is 0. The number of fused-ring (bicyclic) bond motifs is 1. The molecule has 5 unspecified atom stereocenters. The molecule has 3 fully saturated rings. The second-order valence-corrected chi connectivity index (χ2v) is 6.15. The van der Waals surface area contributed by atoms with Crippen LogP contribution in [-0.4, -0.2) is 30.1 Å². The Bertz CT molecular complexity index is 545. The van der Waals surface area contributed by atoms with E-state index in [0.29, 0.717) is 29.6 Å². The maximum atomic E-state index is 13.6. The Morgan fingerprint density at radius 3 is 2.84 bits per heavy atom. The number of anilines is 1. The molecule has 4 heteroatoms. The number of hydrogen-bond acceptors (Lipinski definition) is 3. The SMILES string of the molecule is O=Cc1cc(F)cc(N2CC3CC4CC3C2C4O)c1. The van der Waals surface area contributed by atoms with Crippen molar-refractivity contribution in [1.29, 1.82) is 0 Å². The van der Waals surface area contributed by atoms with E-state index < -0.39 is 0 Å². The number of nitrogens with zero attached hydrogens (tertiary/aromatic N) is 1. The van der Waals surface area contributed by atoms with Gasteiger partial charge < -0.3 is 10.0 Å². The van der Waals surface area contributed by atoms with Crippen LogP contribution in [0.1, 0.15) is 23.2 Å². The number of aliphatic hydroxyl groups excluding tert-OH is 1. The molecule has 100 valence electrons. The van der Waals surface area contributed by atoms with Gasteiger partial charge in [-0.25, -0.2) is 4.39 Å². The standard InChI is InChI=1S/C15H16FNO2/c16-11-1-8(7-18)2-12(5-11)17-6-10-3-9-4-13(10)14(17)15(9)19/h1-2,5,7,9-10,13-15,19H,3-4,6H2. The molecule has 3 aliphatic rings. The van der Waals surface area contributed by atoms with Gasteiger partial charge in [0.2, 0.25) is 0 Å². The zero-order valence-corrected chi connectivity index (χ0v) is 10.5. The van der Waals surface area contributed by atoms with Crippen LogP contribution in [0.25, 0.3) is 0 Å². The number of benzene rings is 1. The van der Waals surface area contributed by atoms with E-state index in [4.69, 9.17) is 0 Å². The van der Waals surface area contributed by atoms with Crippen LogP contribution in [0, 0.1) is 23.6 Å². The molecule has 1 saturated heterocycles. The molecule has 1 aromatic rings. The quantitative estimate of drug-likeness (QED) is 0.826. The second kappa shape index (κ2) is 3.79.